The average molecular weight is 352 g/mol. The third-order valence-electron chi connectivity index (χ3n) is 3.90. The van der Waals surface area contributed by atoms with Crippen molar-refractivity contribution in [3.8, 4) is 0 Å². The van der Waals surface area contributed by atoms with E-state index in [0.29, 0.717) is 16.6 Å². The summed E-state index contributed by atoms with van der Waals surface area (Å²) in [7, 11) is 0. The monoisotopic (exact) mass is 351 g/mol. The van der Waals surface area contributed by atoms with Gasteiger partial charge in [0.05, 0.1) is 5.02 Å². The molecule has 6 heteroatoms. The summed E-state index contributed by atoms with van der Waals surface area (Å²) in [6.07, 6.45) is 3.90. The lowest BCUT2D eigenvalue weighted by atomic mass is 9.92. The lowest BCUT2D eigenvalue weighted by Crippen LogP contribution is -2.28. The van der Waals surface area contributed by atoms with Gasteiger partial charge in [0.1, 0.15) is 5.69 Å². The van der Waals surface area contributed by atoms with E-state index in [9.17, 15) is 4.79 Å². The van der Waals surface area contributed by atoms with Gasteiger partial charge in [-0.15, -0.1) is 12.4 Å². The molecule has 1 atom stereocenters. The molecule has 0 bridgehead atoms. The lowest BCUT2D eigenvalue weighted by Gasteiger charge is -2.23. The Kier molecular flexibility index (Phi) is 6.39. The highest BCUT2D eigenvalue weighted by Crippen LogP contribution is 2.24. The molecule has 1 aliphatic rings. The van der Waals surface area contributed by atoms with Crippen molar-refractivity contribution in [1.82, 2.24) is 10.3 Å². The second-order valence-corrected chi connectivity index (χ2v) is 5.92. The Hall–Kier alpha value is -1.62. The first-order valence-electron chi connectivity index (χ1n) is 7.46. The van der Waals surface area contributed by atoms with Crippen LogP contribution in [0.15, 0.2) is 42.6 Å². The van der Waals surface area contributed by atoms with Gasteiger partial charge < -0.3 is 10.6 Å². The Bertz CT molecular complexity index is 638. The molecule has 4 nitrogen and oxygen atoms in total. The van der Waals surface area contributed by atoms with Crippen molar-refractivity contribution in [3.05, 3.63) is 58.9 Å². The summed E-state index contributed by atoms with van der Waals surface area (Å²) in [6.45, 7) is 2.14. The molecular weight excluding hydrogens is 333 g/mol. The Morgan fingerprint density at radius 2 is 2.00 bits per heavy atom. The van der Waals surface area contributed by atoms with E-state index in [1.807, 2.05) is 12.1 Å². The van der Waals surface area contributed by atoms with Crippen molar-refractivity contribution in [1.29, 1.82) is 0 Å². The normalized spacial score (nSPS) is 17.2. The first-order valence-corrected chi connectivity index (χ1v) is 7.84. The number of aromatic nitrogens is 1. The molecule has 23 heavy (non-hydrogen) atoms. The number of pyridine rings is 1. The maximum atomic E-state index is 12.1. The highest BCUT2D eigenvalue weighted by molar-refractivity contribution is 6.30. The van der Waals surface area contributed by atoms with Gasteiger partial charge in [-0.05, 0) is 55.1 Å². The van der Waals surface area contributed by atoms with Crippen LogP contribution in [0.5, 0.6) is 0 Å². The molecule has 2 heterocycles. The SMILES string of the molecule is Cl.O=C(Nc1ccc(C2CCCNC2)cc1)c1ccc(Cl)cn1. The number of halogens is 2. The van der Waals surface area contributed by atoms with Crippen LogP contribution < -0.4 is 10.6 Å². The van der Waals surface area contributed by atoms with E-state index in [1.165, 1.54) is 24.6 Å². The largest absolute Gasteiger partial charge is 0.321 e. The van der Waals surface area contributed by atoms with Crippen LogP contribution >= 0.6 is 24.0 Å². The standard InChI is InChI=1S/C17H18ClN3O.ClH/c18-14-5-8-16(20-11-14)17(22)21-15-6-3-12(4-7-15)13-2-1-9-19-10-13;/h3-8,11,13,19H,1-2,9-10H2,(H,21,22);1H. The van der Waals surface area contributed by atoms with E-state index in [4.69, 9.17) is 11.6 Å². The minimum absolute atomic E-state index is 0. The summed E-state index contributed by atoms with van der Waals surface area (Å²) < 4.78 is 0. The van der Waals surface area contributed by atoms with E-state index in [2.05, 4.69) is 27.8 Å². The summed E-state index contributed by atoms with van der Waals surface area (Å²) in [5.74, 6) is 0.334. The second-order valence-electron chi connectivity index (χ2n) is 5.48. The number of piperidine rings is 1. The number of hydrogen-bond donors (Lipinski definition) is 2. The highest BCUT2D eigenvalue weighted by Gasteiger charge is 2.15. The molecule has 0 saturated carbocycles. The fourth-order valence-corrected chi connectivity index (χ4v) is 2.79. The topological polar surface area (TPSA) is 54.0 Å². The molecule has 1 fully saturated rings. The molecule has 1 unspecified atom stereocenters. The van der Waals surface area contributed by atoms with Crippen LogP contribution in [0.25, 0.3) is 0 Å². The molecule has 122 valence electrons. The predicted octanol–water partition coefficient (Wildman–Crippen LogP) is 3.88. The molecule has 1 aromatic carbocycles. The molecule has 3 rings (SSSR count). The zero-order valence-corrected chi connectivity index (χ0v) is 14.2. The van der Waals surface area contributed by atoms with E-state index in [0.717, 1.165) is 18.8 Å². The Labute approximate surface area is 147 Å². The number of hydrogen-bond acceptors (Lipinski definition) is 3. The van der Waals surface area contributed by atoms with E-state index in [1.54, 1.807) is 12.1 Å². The quantitative estimate of drug-likeness (QED) is 0.882. The van der Waals surface area contributed by atoms with Gasteiger partial charge in [0, 0.05) is 18.4 Å². The van der Waals surface area contributed by atoms with Crippen molar-refractivity contribution in [2.45, 2.75) is 18.8 Å². The number of carbonyl (C=O) groups excluding carboxylic acids is 1. The number of amides is 1. The van der Waals surface area contributed by atoms with Gasteiger partial charge in [0.25, 0.3) is 5.91 Å². The Morgan fingerprint density at radius 1 is 1.22 bits per heavy atom. The lowest BCUT2D eigenvalue weighted by molar-refractivity contribution is 0.102. The average Bonchev–Trinajstić information content (AvgIpc) is 2.57. The van der Waals surface area contributed by atoms with Crippen LogP contribution in [0.4, 0.5) is 5.69 Å². The van der Waals surface area contributed by atoms with Gasteiger partial charge in [0.15, 0.2) is 0 Å². The molecule has 0 spiro atoms. The molecule has 0 radical (unpaired) electrons. The minimum atomic E-state index is -0.233. The predicted molar refractivity (Wildman–Crippen MR) is 95.7 cm³/mol. The fourth-order valence-electron chi connectivity index (χ4n) is 2.68. The van der Waals surface area contributed by atoms with Crippen LogP contribution in [0.2, 0.25) is 5.02 Å². The van der Waals surface area contributed by atoms with Gasteiger partial charge in [-0.1, -0.05) is 23.7 Å². The van der Waals surface area contributed by atoms with Crippen LogP contribution in [-0.4, -0.2) is 24.0 Å². The van der Waals surface area contributed by atoms with Crippen molar-refractivity contribution < 1.29 is 4.79 Å². The van der Waals surface area contributed by atoms with Crippen LogP contribution in [0, 0.1) is 0 Å². The number of nitrogens with one attached hydrogen (secondary N) is 2. The number of anilines is 1. The molecule has 0 aliphatic carbocycles. The van der Waals surface area contributed by atoms with Gasteiger partial charge in [-0.2, -0.15) is 0 Å². The molecule has 1 aromatic heterocycles. The van der Waals surface area contributed by atoms with E-state index in [-0.39, 0.29) is 18.3 Å². The van der Waals surface area contributed by atoms with Gasteiger partial charge in [-0.3, -0.25) is 4.79 Å². The summed E-state index contributed by atoms with van der Waals surface area (Å²) in [5, 5.41) is 6.78. The number of nitrogens with zero attached hydrogens (tertiary/aromatic N) is 1. The third-order valence-corrected chi connectivity index (χ3v) is 4.12. The maximum absolute atomic E-state index is 12.1. The molecule has 1 saturated heterocycles. The Balaban J connectivity index is 0.00000192. The van der Waals surface area contributed by atoms with Gasteiger partial charge in [-0.25, -0.2) is 4.98 Å². The zero-order chi connectivity index (χ0) is 15.4. The van der Waals surface area contributed by atoms with Crippen LogP contribution in [0.3, 0.4) is 0 Å². The first-order chi connectivity index (χ1) is 10.7. The number of rotatable bonds is 3. The summed E-state index contributed by atoms with van der Waals surface area (Å²) in [4.78, 5) is 16.1. The molecule has 2 aromatic rings. The third kappa shape index (κ3) is 4.67. The highest BCUT2D eigenvalue weighted by atomic mass is 35.5. The molecule has 2 N–H and O–H groups in total. The van der Waals surface area contributed by atoms with Crippen molar-refractivity contribution in [2.24, 2.45) is 0 Å². The number of benzene rings is 1. The van der Waals surface area contributed by atoms with Crippen molar-refractivity contribution >= 4 is 35.6 Å². The molecular formula is C17H19Cl2N3O. The second kappa shape index (κ2) is 8.29. The van der Waals surface area contributed by atoms with Crippen molar-refractivity contribution in [2.75, 3.05) is 18.4 Å². The summed E-state index contributed by atoms with van der Waals surface area (Å²) in [6, 6.07) is 11.3. The molecule has 1 amide bonds. The minimum Gasteiger partial charge on any atom is -0.321 e. The summed E-state index contributed by atoms with van der Waals surface area (Å²) >= 11 is 5.77. The maximum Gasteiger partial charge on any atom is 0.274 e. The smallest absolute Gasteiger partial charge is 0.274 e. The molecule has 1 aliphatic heterocycles. The van der Waals surface area contributed by atoms with Crippen LogP contribution in [-0.2, 0) is 0 Å². The Morgan fingerprint density at radius 3 is 2.61 bits per heavy atom. The summed E-state index contributed by atoms with van der Waals surface area (Å²) in [5.41, 5.74) is 2.44. The number of carbonyl (C=O) groups is 1. The first kappa shape index (κ1) is 17.7. The van der Waals surface area contributed by atoms with Crippen LogP contribution in [0.1, 0.15) is 34.8 Å². The zero-order valence-electron chi connectivity index (χ0n) is 12.6. The van der Waals surface area contributed by atoms with E-state index >= 15 is 0 Å². The van der Waals surface area contributed by atoms with Gasteiger partial charge >= 0.3 is 0 Å². The fraction of sp³-hybridized carbons (Fsp3) is 0.294. The van der Waals surface area contributed by atoms with E-state index < -0.39 is 0 Å². The van der Waals surface area contributed by atoms with Crippen molar-refractivity contribution in [3.63, 3.8) is 0 Å². The van der Waals surface area contributed by atoms with Gasteiger partial charge in [0.2, 0.25) is 0 Å².